The van der Waals surface area contributed by atoms with Gasteiger partial charge in [0.05, 0.1) is 35.9 Å². The van der Waals surface area contributed by atoms with E-state index in [1.54, 1.807) is 13.8 Å². The van der Waals surface area contributed by atoms with Crippen LogP contribution < -0.4 is 11.1 Å². The number of Topliss-reactive ketones (excluding diaryl/α,β-unsaturated/α-hetero) is 2. The number of primary amides is 1. The first-order valence-corrected chi connectivity index (χ1v) is 12.3. The van der Waals surface area contributed by atoms with Crippen LogP contribution in [0.3, 0.4) is 0 Å². The number of rotatable bonds is 6. The maximum absolute atomic E-state index is 14.0. The van der Waals surface area contributed by atoms with Crippen molar-refractivity contribution in [1.29, 1.82) is 0 Å². The number of fused-ring (bicyclic) bond motifs is 3. The Hall–Kier alpha value is -3.94. The van der Waals surface area contributed by atoms with Gasteiger partial charge in [0.1, 0.15) is 29.4 Å². The molecule has 0 spiro atoms. The second-order valence-corrected chi connectivity index (χ2v) is 10.1. The lowest BCUT2D eigenvalue weighted by Crippen LogP contribution is -2.70. The van der Waals surface area contributed by atoms with E-state index >= 15 is 0 Å². The first-order chi connectivity index (χ1) is 18.2. The number of phenolic OH excluding ortho intramolecular Hbond substituents is 1. The second kappa shape index (κ2) is 9.67. The van der Waals surface area contributed by atoms with Crippen molar-refractivity contribution in [1.82, 2.24) is 4.90 Å². The number of ketones is 2. The van der Waals surface area contributed by atoms with Gasteiger partial charge in [0, 0.05) is 11.5 Å². The molecule has 1 saturated carbocycles. The number of nitrogens with two attached hydrogens (primary N) is 1. The van der Waals surface area contributed by atoms with Crippen molar-refractivity contribution in [2.45, 2.75) is 37.5 Å². The number of nitrogens with one attached hydrogen (secondary N) is 1. The van der Waals surface area contributed by atoms with Crippen LogP contribution in [0.2, 0.25) is 0 Å². The Morgan fingerprint density at radius 1 is 1.18 bits per heavy atom. The number of phenols is 1. The number of ether oxygens (including phenoxy) is 1. The van der Waals surface area contributed by atoms with Crippen LogP contribution in [0.5, 0.6) is 5.75 Å². The summed E-state index contributed by atoms with van der Waals surface area (Å²) in [5.74, 6) is -10.3. The number of likely N-dealkylation sites (N-methyl/N-ethyl adjacent to an activating group) is 1. The lowest BCUT2D eigenvalue weighted by atomic mass is 9.54. The van der Waals surface area contributed by atoms with Crippen molar-refractivity contribution in [3.63, 3.8) is 0 Å². The number of hydrogen-bond acceptors (Lipinski definition) is 12. The molecule has 0 saturated heterocycles. The summed E-state index contributed by atoms with van der Waals surface area (Å²) in [7, 11) is 2.87. The molecule has 0 bridgehead atoms. The predicted molar refractivity (Wildman–Crippen MR) is 135 cm³/mol. The van der Waals surface area contributed by atoms with E-state index in [1.807, 2.05) is 0 Å². The van der Waals surface area contributed by atoms with Gasteiger partial charge in [0.15, 0.2) is 11.4 Å². The minimum absolute atomic E-state index is 0.0368. The Bertz CT molecular complexity index is 1350. The largest absolute Gasteiger partial charge is 0.508 e. The molecule has 1 amide bonds. The third-order valence-corrected chi connectivity index (χ3v) is 7.86. The van der Waals surface area contributed by atoms with Crippen LogP contribution in [-0.2, 0) is 23.9 Å². The van der Waals surface area contributed by atoms with Crippen LogP contribution in [0.4, 0.5) is 5.69 Å². The van der Waals surface area contributed by atoms with E-state index in [0.717, 1.165) is 0 Å². The Balaban J connectivity index is 1.92. The maximum atomic E-state index is 14.0. The number of carbonyl (C=O) groups excluding carboxylic acids is 4. The Labute approximate surface area is 223 Å². The first-order valence-electron chi connectivity index (χ1n) is 12.3. The quantitative estimate of drug-likeness (QED) is 0.136. The van der Waals surface area contributed by atoms with Gasteiger partial charge in [0.2, 0.25) is 5.78 Å². The van der Waals surface area contributed by atoms with Gasteiger partial charge in [-0.05, 0) is 38.6 Å². The third kappa shape index (κ3) is 3.87. The lowest BCUT2D eigenvalue weighted by Gasteiger charge is -2.53. The molecule has 0 heterocycles. The summed E-state index contributed by atoms with van der Waals surface area (Å²) in [5, 5.41) is 59.2. The van der Waals surface area contributed by atoms with Crippen LogP contribution in [0.1, 0.15) is 30.9 Å². The van der Waals surface area contributed by atoms with Crippen molar-refractivity contribution in [3.05, 3.63) is 40.2 Å². The fourth-order valence-electron chi connectivity index (χ4n) is 6.14. The van der Waals surface area contributed by atoms with E-state index in [0.29, 0.717) is 5.56 Å². The molecule has 1 fully saturated rings. The van der Waals surface area contributed by atoms with Gasteiger partial charge >= 0.3 is 5.97 Å². The number of nitrogens with zero attached hydrogens (tertiary/aromatic N) is 1. The average molecular weight is 546 g/mol. The molecule has 39 heavy (non-hydrogen) atoms. The van der Waals surface area contributed by atoms with E-state index in [9.17, 15) is 44.7 Å². The van der Waals surface area contributed by atoms with Gasteiger partial charge in [-0.1, -0.05) is 13.0 Å². The van der Waals surface area contributed by atoms with Gasteiger partial charge in [-0.3, -0.25) is 24.1 Å². The van der Waals surface area contributed by atoms with Crippen molar-refractivity contribution in [2.75, 3.05) is 32.6 Å². The molecule has 3 aliphatic carbocycles. The van der Waals surface area contributed by atoms with Crippen molar-refractivity contribution < 1.29 is 49.4 Å². The molecule has 0 aromatic heterocycles. The van der Waals surface area contributed by atoms with E-state index in [4.69, 9.17) is 10.5 Å². The standard InChI is InChI=1S/C26H31N3O10/c1-5-39-12(30)8-28-11-7-6-10-9(2)13-15(20(32)14(10)19(11)31)23(35)26(38)17(21(13)33)18(29(3)4)22(34)16(24(26)36)25(27)37/h6-7,9,13,17-18,21,28,31-33,36,38H,5,8H2,1-4H3,(H2,27,37)/t9-,13-,17-,18-,21+,26+/m1/s1. The molecule has 4 rings (SSSR count). The summed E-state index contributed by atoms with van der Waals surface area (Å²) in [6, 6.07) is 1.57. The molecule has 0 radical (unpaired) electrons. The molecule has 210 valence electrons. The highest BCUT2D eigenvalue weighted by Crippen LogP contribution is 2.56. The fourth-order valence-corrected chi connectivity index (χ4v) is 6.14. The van der Waals surface area contributed by atoms with Crippen LogP contribution in [-0.4, -0.2) is 98.9 Å². The van der Waals surface area contributed by atoms with E-state index in [-0.39, 0.29) is 24.4 Å². The summed E-state index contributed by atoms with van der Waals surface area (Å²) in [5.41, 5.74) is 1.04. The summed E-state index contributed by atoms with van der Waals surface area (Å²) < 4.78 is 4.85. The van der Waals surface area contributed by atoms with Crippen molar-refractivity contribution >= 4 is 34.9 Å². The zero-order valence-electron chi connectivity index (χ0n) is 21.8. The summed E-state index contributed by atoms with van der Waals surface area (Å²) in [4.78, 5) is 52.3. The van der Waals surface area contributed by atoms with Gasteiger partial charge in [0.25, 0.3) is 5.91 Å². The summed E-state index contributed by atoms with van der Waals surface area (Å²) in [6.07, 6.45) is -1.68. The predicted octanol–water partition coefficient (Wildman–Crippen LogP) is -0.529. The fraction of sp³-hybridized carbons (Fsp3) is 0.462. The zero-order chi connectivity index (χ0) is 29.1. The first kappa shape index (κ1) is 28.1. The second-order valence-electron chi connectivity index (χ2n) is 10.1. The summed E-state index contributed by atoms with van der Waals surface area (Å²) >= 11 is 0. The number of anilines is 1. The van der Waals surface area contributed by atoms with Crippen LogP contribution in [0.25, 0.3) is 5.76 Å². The van der Waals surface area contributed by atoms with Crippen LogP contribution >= 0.6 is 0 Å². The van der Waals surface area contributed by atoms with Gasteiger partial charge in [-0.2, -0.15) is 0 Å². The Kier molecular flexibility index (Phi) is 6.96. The number of aliphatic hydroxyl groups is 4. The monoisotopic (exact) mass is 545 g/mol. The SMILES string of the molecule is CCOC(=O)CNc1ccc2c(c1O)C(O)=C1C(=O)[C@]3(O)C(O)=C(C(N)=O)C(=O)[C@H](N(C)C)[C@@H]3[C@@H](O)[C@@H]1[C@@H]2C. The Morgan fingerprint density at radius 3 is 2.38 bits per heavy atom. The number of aromatic hydroxyl groups is 1. The molecule has 13 heteroatoms. The molecular weight excluding hydrogens is 514 g/mol. The van der Waals surface area contributed by atoms with Crippen molar-refractivity contribution in [2.24, 2.45) is 17.6 Å². The third-order valence-electron chi connectivity index (χ3n) is 7.86. The van der Waals surface area contributed by atoms with Crippen LogP contribution in [0, 0.1) is 11.8 Å². The lowest BCUT2D eigenvalue weighted by molar-refractivity contribution is -0.169. The molecular formula is C26H31N3O10. The maximum Gasteiger partial charge on any atom is 0.325 e. The van der Waals surface area contributed by atoms with Crippen LogP contribution in [0.15, 0.2) is 29.0 Å². The van der Waals surface area contributed by atoms with Gasteiger partial charge < -0.3 is 41.3 Å². The van der Waals surface area contributed by atoms with E-state index in [2.05, 4.69) is 5.32 Å². The minimum atomic E-state index is -2.99. The molecule has 1 aromatic carbocycles. The van der Waals surface area contributed by atoms with Gasteiger partial charge in [-0.15, -0.1) is 0 Å². The molecule has 8 N–H and O–H groups in total. The minimum Gasteiger partial charge on any atom is -0.508 e. The number of esters is 1. The molecule has 6 atom stereocenters. The Morgan fingerprint density at radius 2 is 1.82 bits per heavy atom. The number of carbonyl (C=O) groups is 4. The number of aliphatic hydroxyl groups excluding tert-OH is 3. The highest BCUT2D eigenvalue weighted by atomic mass is 16.5. The average Bonchev–Trinajstić information content (AvgIpc) is 2.85. The van der Waals surface area contributed by atoms with Gasteiger partial charge in [-0.25, -0.2) is 0 Å². The summed E-state index contributed by atoms with van der Waals surface area (Å²) in [6.45, 7) is 3.10. The molecule has 0 aliphatic heterocycles. The van der Waals surface area contributed by atoms with E-state index < -0.39 is 87.4 Å². The number of benzene rings is 1. The zero-order valence-corrected chi connectivity index (χ0v) is 21.8. The highest BCUT2D eigenvalue weighted by molar-refractivity contribution is 6.24. The number of amides is 1. The topological polar surface area (TPSA) is 220 Å². The number of hydrogen-bond donors (Lipinski definition) is 7. The normalized spacial score (nSPS) is 30.1. The van der Waals surface area contributed by atoms with Crippen molar-refractivity contribution in [3.8, 4) is 5.75 Å². The highest BCUT2D eigenvalue weighted by Gasteiger charge is 2.68. The molecule has 3 aliphatic rings. The molecule has 0 unspecified atom stereocenters. The molecule has 13 nitrogen and oxygen atoms in total. The smallest absolute Gasteiger partial charge is 0.325 e. The molecule has 1 aromatic rings. The van der Waals surface area contributed by atoms with E-state index in [1.165, 1.54) is 31.1 Å².